The van der Waals surface area contributed by atoms with Crippen LogP contribution in [0.15, 0.2) is 0 Å². The van der Waals surface area contributed by atoms with Gasteiger partial charge in [-0.15, -0.1) is 0 Å². The first-order chi connectivity index (χ1) is 12.6. The maximum absolute atomic E-state index is 6.58. The van der Waals surface area contributed by atoms with E-state index in [9.17, 15) is 0 Å². The molecule has 0 aromatic carbocycles. The summed E-state index contributed by atoms with van der Waals surface area (Å²) < 4.78 is 19.6. The van der Waals surface area contributed by atoms with Gasteiger partial charge in [0.05, 0.1) is 12.2 Å². The zero-order valence-corrected chi connectivity index (χ0v) is 18.1. The molecule has 0 aromatic rings. The number of hydrogen-bond acceptors (Lipinski definition) is 3. The quantitative estimate of drug-likeness (QED) is 0.650. The number of fused-ring (bicyclic) bond motifs is 10. The molecule has 4 aliphatic carbocycles. The second-order valence-corrected chi connectivity index (χ2v) is 12.5. The first kappa shape index (κ1) is 17.7. The molecule has 2 saturated heterocycles. The van der Waals surface area contributed by atoms with E-state index in [1.54, 1.807) is 0 Å². The monoisotopic (exact) mass is 374 g/mol. The summed E-state index contributed by atoms with van der Waals surface area (Å²) in [6.07, 6.45) is 8.24. The van der Waals surface area contributed by atoms with Gasteiger partial charge in [-0.3, -0.25) is 0 Å². The van der Waals surface area contributed by atoms with Gasteiger partial charge < -0.3 is 14.2 Å². The standard InChI is InChI=1S/C24H38O3/c1-21(2)15-7-9-23(21,5)19-13(15)11-17(26-19)25-18-12-14-16-8-10-24(6,20(14)27-18)22(16,3)4/h13-20H,7-12H2,1-6H3/t13-,14+,15-,16+,17-,18-,19+,20-,23-,24-/m0/s1. The summed E-state index contributed by atoms with van der Waals surface area (Å²) in [5.41, 5.74) is 1.47. The lowest BCUT2D eigenvalue weighted by atomic mass is 9.70. The SMILES string of the molecule is CC1(C)[C@H]2CC[C@@]1(C)[C@@H]1O[C@H](O[C@@H]3C[C@@H]4[C@H]5CC[C@@](C)([C@H]4O3)C5(C)C)C[C@H]12. The van der Waals surface area contributed by atoms with E-state index >= 15 is 0 Å². The average Bonchev–Trinajstić information content (AvgIpc) is 3.33. The lowest BCUT2D eigenvalue weighted by Crippen LogP contribution is -2.39. The van der Waals surface area contributed by atoms with Gasteiger partial charge in [0.15, 0.2) is 12.6 Å². The van der Waals surface area contributed by atoms with Crippen LogP contribution in [0.2, 0.25) is 0 Å². The average molecular weight is 375 g/mol. The number of hydrogen-bond donors (Lipinski definition) is 0. The van der Waals surface area contributed by atoms with Crippen LogP contribution < -0.4 is 0 Å². The van der Waals surface area contributed by atoms with Crippen molar-refractivity contribution in [2.45, 2.75) is 105 Å². The summed E-state index contributed by atoms with van der Waals surface area (Å²) in [4.78, 5) is 0. The summed E-state index contributed by atoms with van der Waals surface area (Å²) in [7, 11) is 0. The minimum atomic E-state index is -0.0432. The predicted molar refractivity (Wildman–Crippen MR) is 104 cm³/mol. The Morgan fingerprint density at radius 3 is 1.44 bits per heavy atom. The summed E-state index contributed by atoms with van der Waals surface area (Å²) >= 11 is 0. The minimum absolute atomic E-state index is 0.0432. The van der Waals surface area contributed by atoms with Crippen LogP contribution in [-0.4, -0.2) is 24.8 Å². The van der Waals surface area contributed by atoms with Crippen LogP contribution in [0, 0.1) is 45.3 Å². The normalized spacial score (nSPS) is 61.6. The second-order valence-electron chi connectivity index (χ2n) is 12.5. The Hall–Kier alpha value is -0.120. The van der Waals surface area contributed by atoms with Crippen molar-refractivity contribution in [2.75, 3.05) is 0 Å². The molecular weight excluding hydrogens is 336 g/mol. The van der Waals surface area contributed by atoms with Crippen LogP contribution >= 0.6 is 0 Å². The molecule has 10 atom stereocenters. The third kappa shape index (κ3) is 1.83. The Morgan fingerprint density at radius 1 is 0.667 bits per heavy atom. The topological polar surface area (TPSA) is 27.7 Å². The fourth-order valence-corrected chi connectivity index (χ4v) is 9.31. The van der Waals surface area contributed by atoms with E-state index in [-0.39, 0.29) is 12.6 Å². The van der Waals surface area contributed by atoms with Crippen LogP contribution in [0.25, 0.3) is 0 Å². The molecule has 2 heterocycles. The molecule has 2 aliphatic heterocycles. The van der Waals surface area contributed by atoms with E-state index in [1.807, 2.05) is 0 Å². The molecule has 6 aliphatic rings. The van der Waals surface area contributed by atoms with Gasteiger partial charge in [-0.1, -0.05) is 41.5 Å². The molecule has 27 heavy (non-hydrogen) atoms. The van der Waals surface area contributed by atoms with Crippen LogP contribution in [-0.2, 0) is 14.2 Å². The lowest BCUT2D eigenvalue weighted by molar-refractivity contribution is -0.252. The zero-order chi connectivity index (χ0) is 19.0. The van der Waals surface area contributed by atoms with Crippen molar-refractivity contribution < 1.29 is 14.2 Å². The van der Waals surface area contributed by atoms with Crippen LogP contribution in [0.3, 0.4) is 0 Å². The molecule has 4 bridgehead atoms. The van der Waals surface area contributed by atoms with Crippen molar-refractivity contribution in [3.63, 3.8) is 0 Å². The predicted octanol–water partition coefficient (Wildman–Crippen LogP) is 5.38. The van der Waals surface area contributed by atoms with Crippen LogP contribution in [0.1, 0.15) is 80.1 Å². The zero-order valence-electron chi connectivity index (χ0n) is 18.1. The van der Waals surface area contributed by atoms with Crippen molar-refractivity contribution >= 4 is 0 Å². The van der Waals surface area contributed by atoms with Gasteiger partial charge in [0.2, 0.25) is 0 Å². The van der Waals surface area contributed by atoms with E-state index in [4.69, 9.17) is 14.2 Å². The summed E-state index contributed by atoms with van der Waals surface area (Å²) in [6.45, 7) is 14.8. The van der Waals surface area contributed by atoms with Gasteiger partial charge in [0, 0.05) is 12.8 Å². The molecule has 6 rings (SSSR count). The molecule has 0 unspecified atom stereocenters. The lowest BCUT2D eigenvalue weighted by Gasteiger charge is -2.39. The third-order valence-corrected chi connectivity index (χ3v) is 11.6. The fraction of sp³-hybridized carbons (Fsp3) is 1.00. The fourth-order valence-electron chi connectivity index (χ4n) is 9.31. The Labute approximate surface area is 164 Å². The van der Waals surface area contributed by atoms with E-state index < -0.39 is 0 Å². The second kappa shape index (κ2) is 4.95. The molecule has 3 heteroatoms. The van der Waals surface area contributed by atoms with E-state index in [2.05, 4.69) is 41.5 Å². The maximum atomic E-state index is 6.58. The molecule has 4 saturated carbocycles. The van der Waals surface area contributed by atoms with Crippen molar-refractivity contribution in [1.82, 2.24) is 0 Å². The first-order valence-electron chi connectivity index (χ1n) is 11.6. The van der Waals surface area contributed by atoms with Crippen LogP contribution in [0.5, 0.6) is 0 Å². The Morgan fingerprint density at radius 2 is 1.07 bits per heavy atom. The largest absolute Gasteiger partial charge is 0.348 e. The van der Waals surface area contributed by atoms with Crippen LogP contribution in [0.4, 0.5) is 0 Å². The summed E-state index contributed by atoms with van der Waals surface area (Å²) in [6, 6.07) is 0. The van der Waals surface area contributed by atoms with E-state index in [0.717, 1.165) is 24.7 Å². The highest BCUT2D eigenvalue weighted by Crippen LogP contribution is 2.72. The molecular formula is C24H38O3. The van der Waals surface area contributed by atoms with Crippen molar-refractivity contribution in [3.8, 4) is 0 Å². The summed E-state index contributed by atoms with van der Waals surface area (Å²) in [5, 5.41) is 0. The molecule has 0 amide bonds. The molecule has 0 spiro atoms. The van der Waals surface area contributed by atoms with Gasteiger partial charge >= 0.3 is 0 Å². The molecule has 3 nitrogen and oxygen atoms in total. The first-order valence-corrected chi connectivity index (χ1v) is 11.6. The van der Waals surface area contributed by atoms with Gasteiger partial charge in [-0.2, -0.15) is 0 Å². The molecule has 0 N–H and O–H groups in total. The van der Waals surface area contributed by atoms with E-state index in [0.29, 0.717) is 45.7 Å². The van der Waals surface area contributed by atoms with Crippen molar-refractivity contribution in [3.05, 3.63) is 0 Å². The Kier molecular flexibility index (Phi) is 3.25. The van der Waals surface area contributed by atoms with E-state index in [1.165, 1.54) is 25.7 Å². The third-order valence-electron chi connectivity index (χ3n) is 11.6. The maximum Gasteiger partial charge on any atom is 0.161 e. The van der Waals surface area contributed by atoms with Crippen molar-refractivity contribution in [1.29, 1.82) is 0 Å². The van der Waals surface area contributed by atoms with Gasteiger partial charge in [0.25, 0.3) is 0 Å². The Bertz CT molecular complexity index is 615. The highest BCUT2D eigenvalue weighted by molar-refractivity contribution is 5.18. The molecule has 0 radical (unpaired) electrons. The smallest absolute Gasteiger partial charge is 0.161 e. The Balaban J connectivity index is 1.15. The minimum Gasteiger partial charge on any atom is -0.348 e. The molecule has 152 valence electrons. The molecule has 6 fully saturated rings. The highest BCUT2D eigenvalue weighted by atomic mass is 16.8. The number of rotatable bonds is 2. The van der Waals surface area contributed by atoms with Gasteiger partial charge in [0.1, 0.15) is 0 Å². The van der Waals surface area contributed by atoms with Gasteiger partial charge in [-0.25, -0.2) is 0 Å². The highest BCUT2D eigenvalue weighted by Gasteiger charge is 2.71. The number of ether oxygens (including phenoxy) is 3. The molecule has 0 aromatic heterocycles. The van der Waals surface area contributed by atoms with Crippen molar-refractivity contribution in [2.24, 2.45) is 45.3 Å². The summed E-state index contributed by atoms with van der Waals surface area (Å²) in [5.74, 6) is 3.00. The van der Waals surface area contributed by atoms with Gasteiger partial charge in [-0.05, 0) is 71.0 Å².